The highest BCUT2D eigenvalue weighted by Crippen LogP contribution is 2.43. The van der Waals surface area contributed by atoms with E-state index in [9.17, 15) is 14.7 Å². The predicted octanol–water partition coefficient (Wildman–Crippen LogP) is 6.33. The molecule has 39 heavy (non-hydrogen) atoms. The molecule has 3 aromatic carbocycles. The number of thioether (sulfide) groups is 1. The van der Waals surface area contributed by atoms with Crippen LogP contribution >= 0.6 is 23.1 Å². The summed E-state index contributed by atoms with van der Waals surface area (Å²) >= 11 is 2.75. The maximum Gasteiger partial charge on any atom is 0.296 e. The van der Waals surface area contributed by atoms with Gasteiger partial charge in [-0.15, -0.1) is 10.2 Å². The number of aliphatic hydroxyl groups excluding tert-OH is 1. The van der Waals surface area contributed by atoms with E-state index in [1.165, 1.54) is 39.6 Å². The lowest BCUT2D eigenvalue weighted by Gasteiger charge is -2.24. The third-order valence-electron chi connectivity index (χ3n) is 6.19. The fraction of sp³-hybridized carbons (Fsp3) is 0.133. The largest absolute Gasteiger partial charge is 0.503 e. The minimum Gasteiger partial charge on any atom is -0.503 e. The molecule has 9 heteroatoms. The van der Waals surface area contributed by atoms with Gasteiger partial charge in [0.05, 0.1) is 18.7 Å². The molecule has 1 N–H and O–H groups in total. The van der Waals surface area contributed by atoms with Gasteiger partial charge in [0.2, 0.25) is 5.13 Å². The Kier molecular flexibility index (Phi) is 7.90. The Morgan fingerprint density at radius 2 is 1.85 bits per heavy atom. The van der Waals surface area contributed by atoms with Crippen molar-refractivity contribution in [2.24, 2.45) is 0 Å². The van der Waals surface area contributed by atoms with Gasteiger partial charge >= 0.3 is 0 Å². The zero-order chi connectivity index (χ0) is 27.4. The third kappa shape index (κ3) is 5.79. The number of benzene rings is 3. The normalized spacial score (nSPS) is 15.4. The van der Waals surface area contributed by atoms with Crippen LogP contribution < -0.4 is 9.64 Å². The van der Waals surface area contributed by atoms with Gasteiger partial charge in [-0.3, -0.25) is 14.5 Å². The number of anilines is 1. The van der Waals surface area contributed by atoms with E-state index in [4.69, 9.17) is 4.74 Å². The molecular weight excluding hydrogens is 530 g/mol. The number of hydrogen-bond acceptors (Lipinski definition) is 8. The number of allylic oxidation sites excluding steroid dienone is 1. The molecule has 4 aromatic rings. The van der Waals surface area contributed by atoms with Gasteiger partial charge in [0, 0.05) is 5.75 Å². The van der Waals surface area contributed by atoms with Crippen molar-refractivity contribution in [2.75, 3.05) is 12.0 Å². The maximum atomic E-state index is 13.4. The number of ketones is 1. The Morgan fingerprint density at radius 3 is 2.59 bits per heavy atom. The van der Waals surface area contributed by atoms with E-state index in [-0.39, 0.29) is 5.57 Å². The van der Waals surface area contributed by atoms with Crippen LogP contribution in [0.5, 0.6) is 5.75 Å². The topological polar surface area (TPSA) is 92.6 Å². The number of aromatic nitrogens is 2. The second-order valence-corrected chi connectivity index (χ2v) is 11.0. The first-order chi connectivity index (χ1) is 18.9. The van der Waals surface area contributed by atoms with E-state index in [1.807, 2.05) is 37.3 Å². The minimum atomic E-state index is -0.900. The number of hydrogen-bond donors (Lipinski definition) is 1. The van der Waals surface area contributed by atoms with Gasteiger partial charge in [0.25, 0.3) is 5.91 Å². The number of ether oxygens (including phenoxy) is 1. The van der Waals surface area contributed by atoms with E-state index in [0.29, 0.717) is 26.5 Å². The van der Waals surface area contributed by atoms with Crippen LogP contribution in [-0.4, -0.2) is 34.1 Å². The van der Waals surface area contributed by atoms with Crippen LogP contribution in [0.3, 0.4) is 0 Å². The van der Waals surface area contributed by atoms with Gasteiger partial charge in [-0.1, -0.05) is 101 Å². The van der Waals surface area contributed by atoms with Crippen LogP contribution in [0.2, 0.25) is 0 Å². The average Bonchev–Trinajstić information content (AvgIpc) is 3.54. The van der Waals surface area contributed by atoms with Crippen LogP contribution in [0.1, 0.15) is 28.3 Å². The quantitative estimate of drug-likeness (QED) is 0.147. The summed E-state index contributed by atoms with van der Waals surface area (Å²) in [7, 11) is 1.54. The molecule has 1 aliphatic rings. The SMILES string of the molecule is COc1cccc(C2C(C(=O)C=Cc3ccccc3)=C(O)C(=O)N2c2nnc(SCc3ccc(C)cc3)s2)c1. The third-order valence-corrected chi connectivity index (χ3v) is 8.32. The van der Waals surface area contributed by atoms with Gasteiger partial charge in [-0.2, -0.15) is 0 Å². The fourth-order valence-corrected chi connectivity index (χ4v) is 6.02. The van der Waals surface area contributed by atoms with Crippen LogP contribution in [0.4, 0.5) is 5.13 Å². The summed E-state index contributed by atoms with van der Waals surface area (Å²) in [6, 6.07) is 23.8. The maximum absolute atomic E-state index is 13.4. The first-order valence-corrected chi connectivity index (χ1v) is 13.9. The number of aryl methyl sites for hydroxylation is 1. The highest BCUT2D eigenvalue weighted by atomic mass is 32.2. The van der Waals surface area contributed by atoms with Gasteiger partial charge < -0.3 is 9.84 Å². The van der Waals surface area contributed by atoms with Crippen molar-refractivity contribution in [3.05, 3.63) is 119 Å². The van der Waals surface area contributed by atoms with Crippen molar-refractivity contribution < 1.29 is 19.4 Å². The molecule has 0 aliphatic carbocycles. The zero-order valence-corrected chi connectivity index (χ0v) is 22.9. The second-order valence-electron chi connectivity index (χ2n) is 8.85. The van der Waals surface area contributed by atoms with E-state index < -0.39 is 23.5 Å². The summed E-state index contributed by atoms with van der Waals surface area (Å²) in [4.78, 5) is 28.2. The number of amides is 1. The lowest BCUT2D eigenvalue weighted by atomic mass is 9.95. The monoisotopic (exact) mass is 555 g/mol. The molecular formula is C30H25N3O4S2. The summed E-state index contributed by atoms with van der Waals surface area (Å²) in [5, 5.41) is 19.8. The Balaban J connectivity index is 1.47. The molecule has 0 bridgehead atoms. The lowest BCUT2D eigenvalue weighted by Crippen LogP contribution is -2.30. The molecule has 0 saturated heterocycles. The van der Waals surface area contributed by atoms with E-state index >= 15 is 0 Å². The Hall–Kier alpha value is -4.21. The number of carbonyl (C=O) groups excluding carboxylic acids is 2. The van der Waals surface area contributed by atoms with E-state index in [1.54, 1.807) is 37.5 Å². The number of methoxy groups -OCH3 is 1. The zero-order valence-electron chi connectivity index (χ0n) is 21.3. The van der Waals surface area contributed by atoms with Gasteiger partial charge in [-0.05, 0) is 41.8 Å². The molecule has 2 heterocycles. The van der Waals surface area contributed by atoms with Crippen molar-refractivity contribution in [1.29, 1.82) is 0 Å². The predicted molar refractivity (Wildman–Crippen MR) is 154 cm³/mol. The molecule has 196 valence electrons. The number of rotatable bonds is 9. The highest BCUT2D eigenvalue weighted by Gasteiger charge is 2.45. The number of nitrogens with zero attached hydrogens (tertiary/aromatic N) is 3. The Labute approximate surface area is 234 Å². The number of aliphatic hydroxyl groups is 1. The molecule has 1 unspecified atom stereocenters. The van der Waals surface area contributed by atoms with Gasteiger partial charge in [0.15, 0.2) is 15.9 Å². The van der Waals surface area contributed by atoms with E-state index in [2.05, 4.69) is 34.5 Å². The molecule has 7 nitrogen and oxygen atoms in total. The Bertz CT molecular complexity index is 1560. The summed E-state index contributed by atoms with van der Waals surface area (Å²) in [5.74, 6) is -0.525. The van der Waals surface area contributed by atoms with Crippen molar-refractivity contribution in [1.82, 2.24) is 10.2 Å². The average molecular weight is 556 g/mol. The molecule has 1 amide bonds. The Morgan fingerprint density at radius 1 is 1.08 bits per heavy atom. The van der Waals surface area contributed by atoms with Gasteiger partial charge in [0.1, 0.15) is 5.75 Å². The highest BCUT2D eigenvalue weighted by molar-refractivity contribution is 8.00. The molecule has 0 fully saturated rings. The fourth-order valence-electron chi connectivity index (χ4n) is 4.19. The first-order valence-electron chi connectivity index (χ1n) is 12.1. The second kappa shape index (κ2) is 11.7. The van der Waals surface area contributed by atoms with Crippen LogP contribution in [0.15, 0.2) is 101 Å². The number of carbonyl (C=O) groups is 2. The molecule has 1 atom stereocenters. The van der Waals surface area contributed by atoms with Crippen LogP contribution in [0, 0.1) is 6.92 Å². The molecule has 0 radical (unpaired) electrons. The lowest BCUT2D eigenvalue weighted by molar-refractivity contribution is -0.117. The summed E-state index contributed by atoms with van der Waals surface area (Å²) < 4.78 is 6.06. The summed E-state index contributed by atoms with van der Waals surface area (Å²) in [5.41, 5.74) is 3.74. The summed E-state index contributed by atoms with van der Waals surface area (Å²) in [6.07, 6.45) is 3.02. The minimum absolute atomic E-state index is 0.0236. The van der Waals surface area contributed by atoms with Gasteiger partial charge in [-0.25, -0.2) is 0 Å². The molecule has 1 aliphatic heterocycles. The summed E-state index contributed by atoms with van der Waals surface area (Å²) in [6.45, 7) is 2.04. The first kappa shape index (κ1) is 26.4. The van der Waals surface area contributed by atoms with Crippen molar-refractivity contribution in [3.63, 3.8) is 0 Å². The van der Waals surface area contributed by atoms with Crippen molar-refractivity contribution >= 4 is 46.0 Å². The van der Waals surface area contributed by atoms with Crippen molar-refractivity contribution in [2.45, 2.75) is 23.1 Å². The van der Waals surface area contributed by atoms with Crippen molar-refractivity contribution in [3.8, 4) is 5.75 Å². The molecule has 5 rings (SSSR count). The smallest absolute Gasteiger partial charge is 0.296 e. The molecule has 0 saturated carbocycles. The molecule has 1 aromatic heterocycles. The van der Waals surface area contributed by atoms with Crippen LogP contribution in [0.25, 0.3) is 6.08 Å². The van der Waals surface area contributed by atoms with Crippen LogP contribution in [-0.2, 0) is 15.3 Å². The van der Waals surface area contributed by atoms with E-state index in [0.717, 1.165) is 11.1 Å². The molecule has 0 spiro atoms. The standard InChI is InChI=1S/C30H25N3O4S2/c1-19-11-13-21(14-12-19)18-38-30-32-31-29(39-30)33-26(22-9-6-10-23(17-22)37-2)25(27(35)28(33)36)24(34)16-15-20-7-4-3-5-8-20/h3-17,26,35H,18H2,1-2H3.